The van der Waals surface area contributed by atoms with Crippen LogP contribution in [0.2, 0.25) is 0 Å². The van der Waals surface area contributed by atoms with Gasteiger partial charge in [-0.1, -0.05) is 0 Å². The van der Waals surface area contributed by atoms with E-state index in [2.05, 4.69) is 40.1 Å². The Bertz CT molecular complexity index is 566. The van der Waals surface area contributed by atoms with Crippen LogP contribution in [-0.4, -0.2) is 87.1 Å². The van der Waals surface area contributed by atoms with Crippen LogP contribution in [0.5, 0.6) is 0 Å². The number of hydrogen-bond acceptors (Lipinski definition) is 7. The Morgan fingerprint density at radius 1 is 0.808 bits per heavy atom. The van der Waals surface area contributed by atoms with Crippen LogP contribution in [0.3, 0.4) is 0 Å². The third kappa shape index (κ3) is 6.99. The summed E-state index contributed by atoms with van der Waals surface area (Å²) >= 11 is 9.58. The second-order valence-electron chi connectivity index (χ2n) is 5.54. The Morgan fingerprint density at radius 2 is 1.27 bits per heavy atom. The van der Waals surface area contributed by atoms with Crippen molar-refractivity contribution in [3.05, 3.63) is 30.3 Å². The van der Waals surface area contributed by atoms with Gasteiger partial charge in [-0.15, -0.1) is 0 Å². The van der Waals surface area contributed by atoms with Gasteiger partial charge in [0.05, 0.1) is 0 Å². The molecule has 1 aromatic rings. The zero-order chi connectivity index (χ0) is 18.2. The fourth-order valence-corrected chi connectivity index (χ4v) is 30.0. The summed E-state index contributed by atoms with van der Waals surface area (Å²) in [6.07, 6.45) is 0. The zero-order valence-corrected chi connectivity index (χ0v) is 20.9. The molecule has 3 rings (SSSR count). The molecule has 2 aliphatic rings. The van der Waals surface area contributed by atoms with E-state index >= 15 is 0 Å². The van der Waals surface area contributed by atoms with Crippen molar-refractivity contribution in [3.8, 4) is 0 Å². The monoisotopic (exact) mass is 554 g/mol. The molecule has 2 heterocycles. The van der Waals surface area contributed by atoms with E-state index in [0.29, 0.717) is 0 Å². The molecule has 0 saturated carbocycles. The van der Waals surface area contributed by atoms with Crippen LogP contribution in [0.25, 0.3) is 0 Å². The first-order chi connectivity index (χ1) is 12.7. The summed E-state index contributed by atoms with van der Waals surface area (Å²) in [5.74, 6) is 0. The quantitative estimate of drug-likeness (QED) is 0.409. The van der Waals surface area contributed by atoms with Crippen LogP contribution in [-0.2, 0) is 9.47 Å². The predicted molar refractivity (Wildman–Crippen MR) is 123 cm³/mol. The van der Waals surface area contributed by atoms with Crippen molar-refractivity contribution < 1.29 is 9.47 Å². The molecule has 26 heavy (non-hydrogen) atoms. The average molecular weight is 555 g/mol. The van der Waals surface area contributed by atoms with Crippen molar-refractivity contribution in [2.45, 2.75) is 4.90 Å². The molecule has 2 fully saturated rings. The molecule has 0 bridgehead atoms. The topological polar surface area (TPSA) is 24.9 Å². The first-order valence-electron chi connectivity index (χ1n) is 8.35. The third-order valence-corrected chi connectivity index (χ3v) is 26.4. The van der Waals surface area contributed by atoms with E-state index in [9.17, 15) is 0 Å². The summed E-state index contributed by atoms with van der Waals surface area (Å²) in [6.45, 7) is 6.66. The van der Waals surface area contributed by atoms with Crippen molar-refractivity contribution >= 4 is 75.6 Å². The Morgan fingerprint density at radius 3 is 1.73 bits per heavy atom. The molecular formula is C16H21N2O2S5Sb. The average Bonchev–Trinajstić information content (AvgIpc) is 2.70. The van der Waals surface area contributed by atoms with Gasteiger partial charge in [-0.3, -0.25) is 0 Å². The van der Waals surface area contributed by atoms with Crippen LogP contribution in [0.1, 0.15) is 0 Å². The molecule has 0 aliphatic carbocycles. The van der Waals surface area contributed by atoms with E-state index in [0.717, 1.165) is 61.2 Å². The molecule has 0 radical (unpaired) electrons. The van der Waals surface area contributed by atoms with Crippen molar-refractivity contribution in [2.24, 2.45) is 0 Å². The summed E-state index contributed by atoms with van der Waals surface area (Å²) in [4.78, 5) is 5.87. The standard InChI is InChI=1S/C6H6S.2C5H9NOS2.Sb/c7-6-4-2-1-3-5-6;2*8-5(9)6-1-3-7-4-2-6;/h1-5,7H;2*1-4H2,(H,8,9);/q;;;+3/p-3. The third-order valence-electron chi connectivity index (χ3n) is 3.77. The fraction of sp³-hybridized carbons (Fsp3) is 0.500. The number of hydrogen-bond donors (Lipinski definition) is 0. The number of benzene rings is 1. The zero-order valence-electron chi connectivity index (χ0n) is 14.2. The van der Waals surface area contributed by atoms with E-state index in [-0.39, 0.29) is 0 Å². The number of rotatable bonds is 4. The second kappa shape index (κ2) is 11.7. The minimum atomic E-state index is -1.93. The van der Waals surface area contributed by atoms with E-state index in [1.807, 2.05) is 26.5 Å². The van der Waals surface area contributed by atoms with Gasteiger partial charge in [-0.2, -0.15) is 0 Å². The van der Waals surface area contributed by atoms with Crippen molar-refractivity contribution in [2.75, 3.05) is 52.6 Å². The number of morpholine rings is 2. The molecule has 0 aromatic heterocycles. The van der Waals surface area contributed by atoms with Gasteiger partial charge in [0.2, 0.25) is 0 Å². The molecular weight excluding hydrogens is 534 g/mol. The van der Waals surface area contributed by atoms with E-state index in [1.165, 1.54) is 4.90 Å². The van der Waals surface area contributed by atoms with Gasteiger partial charge in [0.15, 0.2) is 0 Å². The fourth-order valence-electron chi connectivity index (χ4n) is 2.36. The summed E-state index contributed by atoms with van der Waals surface area (Å²) in [6, 6.07) is 10.6. The summed E-state index contributed by atoms with van der Waals surface area (Å²) in [5, 5.41) is 0. The van der Waals surface area contributed by atoms with Crippen molar-refractivity contribution in [1.29, 1.82) is 0 Å². The van der Waals surface area contributed by atoms with E-state index < -0.39 is 16.0 Å². The number of nitrogens with zero attached hydrogens (tertiary/aromatic N) is 2. The van der Waals surface area contributed by atoms with Crippen molar-refractivity contribution in [1.82, 2.24) is 9.80 Å². The maximum absolute atomic E-state index is 5.75. The first kappa shape index (κ1) is 21.5. The minimum absolute atomic E-state index is 0.767. The Balaban J connectivity index is 1.62. The van der Waals surface area contributed by atoms with Gasteiger partial charge < -0.3 is 0 Å². The molecule has 2 aliphatic heterocycles. The van der Waals surface area contributed by atoms with Gasteiger partial charge in [0.25, 0.3) is 0 Å². The van der Waals surface area contributed by atoms with E-state index in [4.69, 9.17) is 33.9 Å². The molecule has 0 N–H and O–H groups in total. The summed E-state index contributed by atoms with van der Waals surface area (Å²) in [5.41, 5.74) is 0. The van der Waals surface area contributed by atoms with Crippen molar-refractivity contribution in [3.63, 3.8) is 0 Å². The normalized spacial score (nSPS) is 18.2. The molecule has 142 valence electrons. The number of thiocarbonyl (C=S) groups is 2. The molecule has 0 atom stereocenters. The van der Waals surface area contributed by atoms with Crippen LogP contribution in [0.15, 0.2) is 35.2 Å². The molecule has 4 nitrogen and oxygen atoms in total. The molecule has 2 saturated heterocycles. The van der Waals surface area contributed by atoms with Gasteiger partial charge in [0.1, 0.15) is 0 Å². The second-order valence-corrected chi connectivity index (χ2v) is 26.6. The van der Waals surface area contributed by atoms with Gasteiger partial charge in [-0.25, -0.2) is 0 Å². The van der Waals surface area contributed by atoms with Crippen LogP contribution >= 0.6 is 51.0 Å². The Labute approximate surface area is 181 Å². The van der Waals surface area contributed by atoms with Gasteiger partial charge in [0, 0.05) is 0 Å². The Hall–Kier alpha value is 0.788. The summed E-state index contributed by atoms with van der Waals surface area (Å²) < 4.78 is 12.9. The van der Waals surface area contributed by atoms with Gasteiger partial charge >= 0.3 is 183 Å². The molecule has 0 unspecified atom stereocenters. The SMILES string of the molecule is S=C([S][Sb]([S]C(=S)N1CCOCC1)[S]c1ccccc1)N1CCOCC1. The van der Waals surface area contributed by atoms with E-state index in [1.54, 1.807) is 0 Å². The number of ether oxygens (including phenoxy) is 2. The first-order valence-corrected chi connectivity index (χ1v) is 20.9. The molecule has 1 aromatic carbocycles. The van der Waals surface area contributed by atoms with Crippen LogP contribution < -0.4 is 0 Å². The van der Waals surface area contributed by atoms with Crippen LogP contribution in [0, 0.1) is 0 Å². The summed E-state index contributed by atoms with van der Waals surface area (Å²) in [7, 11) is 5.80. The maximum atomic E-state index is 5.75. The Kier molecular flexibility index (Phi) is 9.68. The molecule has 10 heteroatoms. The predicted octanol–water partition coefficient (Wildman–Crippen LogP) is 3.46. The van der Waals surface area contributed by atoms with Crippen LogP contribution in [0.4, 0.5) is 0 Å². The van der Waals surface area contributed by atoms with Gasteiger partial charge in [-0.05, 0) is 0 Å². The molecule has 0 spiro atoms. The molecule has 0 amide bonds.